The van der Waals surface area contributed by atoms with E-state index in [1.165, 1.54) is 29.7 Å². The number of ether oxygens (including phenoxy) is 1. The molecule has 0 amide bonds. The van der Waals surface area contributed by atoms with Crippen molar-refractivity contribution in [1.29, 1.82) is 0 Å². The zero-order valence-electron chi connectivity index (χ0n) is 19.9. The normalized spacial score (nSPS) is 16.9. The van der Waals surface area contributed by atoms with Crippen molar-refractivity contribution in [3.05, 3.63) is 46.8 Å². The Morgan fingerprint density at radius 1 is 1.23 bits per heavy atom. The number of rotatable bonds is 8. The number of guanidine groups is 1. The summed E-state index contributed by atoms with van der Waals surface area (Å²) in [4.78, 5) is 7.02. The minimum Gasteiger partial charge on any atom is -0.496 e. The van der Waals surface area contributed by atoms with Crippen LogP contribution in [0, 0.1) is 13.8 Å². The molecule has 0 bridgehead atoms. The predicted octanol–water partition coefficient (Wildman–Crippen LogP) is 2.98. The van der Waals surface area contributed by atoms with Crippen molar-refractivity contribution in [3.8, 4) is 5.75 Å². The number of hydrogen-bond donors (Lipinski definition) is 2. The van der Waals surface area contributed by atoms with E-state index >= 15 is 0 Å². The Bertz CT molecular complexity index is 884. The van der Waals surface area contributed by atoms with Crippen LogP contribution in [0.3, 0.4) is 0 Å². The Hall–Kier alpha value is -2.54. The van der Waals surface area contributed by atoms with Gasteiger partial charge < -0.3 is 15.4 Å². The van der Waals surface area contributed by atoms with E-state index in [4.69, 9.17) is 4.74 Å². The van der Waals surface area contributed by atoms with Crippen LogP contribution in [-0.2, 0) is 13.5 Å². The molecule has 1 saturated heterocycles. The lowest BCUT2D eigenvalue weighted by Crippen LogP contribution is -2.46. The highest BCUT2D eigenvalue weighted by molar-refractivity contribution is 5.80. The summed E-state index contributed by atoms with van der Waals surface area (Å²) in [6.07, 6.45) is 3.41. The SMILES string of the molecule is CN=C(NCC(c1ccccc1OC)N1CCCC1)NC(C)Cc1c(C)nn(C)c1C. The lowest BCUT2D eigenvalue weighted by atomic mass is 10.0. The fraction of sp³-hybridized carbons (Fsp3) is 0.583. The van der Waals surface area contributed by atoms with Crippen LogP contribution in [0.2, 0.25) is 0 Å². The quantitative estimate of drug-likeness (QED) is 0.502. The van der Waals surface area contributed by atoms with Crippen molar-refractivity contribution in [2.75, 3.05) is 33.8 Å². The van der Waals surface area contributed by atoms with Crippen LogP contribution < -0.4 is 15.4 Å². The molecular weight excluding hydrogens is 388 g/mol. The number of likely N-dealkylation sites (tertiary alicyclic amines) is 1. The summed E-state index contributed by atoms with van der Waals surface area (Å²) in [5, 5.41) is 11.7. The van der Waals surface area contributed by atoms with Crippen molar-refractivity contribution < 1.29 is 4.74 Å². The molecule has 7 heteroatoms. The van der Waals surface area contributed by atoms with Gasteiger partial charge in [-0.1, -0.05) is 18.2 Å². The van der Waals surface area contributed by atoms with Gasteiger partial charge in [0.15, 0.2) is 5.96 Å². The molecule has 7 nitrogen and oxygen atoms in total. The van der Waals surface area contributed by atoms with Gasteiger partial charge in [-0.15, -0.1) is 0 Å². The number of aromatic nitrogens is 2. The van der Waals surface area contributed by atoms with E-state index in [2.05, 4.69) is 58.5 Å². The summed E-state index contributed by atoms with van der Waals surface area (Å²) in [6.45, 7) is 9.41. The van der Waals surface area contributed by atoms with Gasteiger partial charge >= 0.3 is 0 Å². The van der Waals surface area contributed by atoms with Crippen LogP contribution in [0.1, 0.15) is 48.3 Å². The van der Waals surface area contributed by atoms with E-state index in [9.17, 15) is 0 Å². The summed E-state index contributed by atoms with van der Waals surface area (Å²) in [5.41, 5.74) is 4.85. The molecule has 3 rings (SSSR count). The molecule has 1 aromatic carbocycles. The van der Waals surface area contributed by atoms with Crippen LogP contribution in [-0.4, -0.2) is 60.5 Å². The van der Waals surface area contributed by atoms with Crippen LogP contribution in [0.5, 0.6) is 5.75 Å². The van der Waals surface area contributed by atoms with Gasteiger partial charge in [0, 0.05) is 37.9 Å². The highest BCUT2D eigenvalue weighted by Gasteiger charge is 2.26. The summed E-state index contributed by atoms with van der Waals surface area (Å²) in [5.74, 6) is 1.77. The van der Waals surface area contributed by atoms with Gasteiger partial charge in [0.2, 0.25) is 0 Å². The highest BCUT2D eigenvalue weighted by Crippen LogP contribution is 2.31. The fourth-order valence-electron chi connectivity index (χ4n) is 4.52. The summed E-state index contributed by atoms with van der Waals surface area (Å²) in [7, 11) is 5.58. The number of hydrogen-bond acceptors (Lipinski definition) is 4. The Labute approximate surface area is 186 Å². The maximum Gasteiger partial charge on any atom is 0.191 e. The summed E-state index contributed by atoms with van der Waals surface area (Å²) in [6, 6.07) is 8.83. The molecule has 0 spiro atoms. The second-order valence-electron chi connectivity index (χ2n) is 8.48. The van der Waals surface area contributed by atoms with Crippen LogP contribution >= 0.6 is 0 Å². The van der Waals surface area contributed by atoms with Crippen LogP contribution in [0.15, 0.2) is 29.3 Å². The summed E-state index contributed by atoms with van der Waals surface area (Å²) < 4.78 is 7.62. The number of para-hydroxylation sites is 1. The van der Waals surface area contributed by atoms with E-state index in [1.54, 1.807) is 7.11 Å². The van der Waals surface area contributed by atoms with Gasteiger partial charge in [-0.25, -0.2) is 0 Å². The standard InChI is InChI=1S/C24H38N6O/c1-17(15-21-18(2)28-29(5)19(21)3)27-24(25-4)26-16-22(30-13-9-10-14-30)20-11-7-8-12-23(20)31-6/h7-8,11-12,17,22H,9-10,13-16H2,1-6H3,(H2,25,26,27). The van der Waals surface area contributed by atoms with Gasteiger partial charge in [-0.3, -0.25) is 14.6 Å². The smallest absolute Gasteiger partial charge is 0.191 e. The number of aliphatic imine (C=N–C) groups is 1. The second kappa shape index (κ2) is 10.7. The number of methoxy groups -OCH3 is 1. The molecule has 1 fully saturated rings. The number of aryl methyl sites for hydroxylation is 2. The van der Waals surface area contributed by atoms with Crippen molar-refractivity contribution in [2.24, 2.45) is 12.0 Å². The lowest BCUT2D eigenvalue weighted by molar-refractivity contribution is 0.239. The minimum atomic E-state index is 0.240. The lowest BCUT2D eigenvalue weighted by Gasteiger charge is -2.30. The van der Waals surface area contributed by atoms with Crippen LogP contribution in [0.4, 0.5) is 0 Å². The van der Waals surface area contributed by atoms with Gasteiger partial charge in [-0.05, 0) is 64.8 Å². The largest absolute Gasteiger partial charge is 0.496 e. The number of nitrogens with zero attached hydrogens (tertiary/aromatic N) is 4. The van der Waals surface area contributed by atoms with Crippen molar-refractivity contribution in [1.82, 2.24) is 25.3 Å². The zero-order valence-corrected chi connectivity index (χ0v) is 19.9. The first-order chi connectivity index (χ1) is 14.9. The van der Waals surface area contributed by atoms with E-state index in [0.717, 1.165) is 43.5 Å². The third-order valence-electron chi connectivity index (χ3n) is 6.32. The van der Waals surface area contributed by atoms with Crippen molar-refractivity contribution in [2.45, 2.75) is 52.1 Å². The monoisotopic (exact) mass is 426 g/mol. The van der Waals surface area contributed by atoms with E-state index in [-0.39, 0.29) is 12.1 Å². The van der Waals surface area contributed by atoms with E-state index < -0.39 is 0 Å². The second-order valence-corrected chi connectivity index (χ2v) is 8.48. The van der Waals surface area contributed by atoms with Crippen molar-refractivity contribution in [3.63, 3.8) is 0 Å². The summed E-state index contributed by atoms with van der Waals surface area (Å²) >= 11 is 0. The molecule has 0 radical (unpaired) electrons. The third-order valence-corrected chi connectivity index (χ3v) is 6.32. The fourth-order valence-corrected chi connectivity index (χ4v) is 4.52. The van der Waals surface area contributed by atoms with Crippen molar-refractivity contribution >= 4 is 5.96 Å². The first kappa shape index (κ1) is 23.1. The molecule has 31 heavy (non-hydrogen) atoms. The molecule has 2 N–H and O–H groups in total. The Balaban J connectivity index is 1.66. The van der Waals surface area contributed by atoms with Gasteiger partial charge in [0.1, 0.15) is 5.75 Å². The first-order valence-corrected chi connectivity index (χ1v) is 11.3. The average Bonchev–Trinajstić information content (AvgIpc) is 3.38. The molecule has 2 heterocycles. The highest BCUT2D eigenvalue weighted by atomic mass is 16.5. The molecule has 0 saturated carbocycles. The third kappa shape index (κ3) is 5.58. The van der Waals surface area contributed by atoms with E-state index in [1.807, 2.05) is 30.9 Å². The number of benzene rings is 1. The Kier molecular flexibility index (Phi) is 7.96. The zero-order chi connectivity index (χ0) is 22.4. The van der Waals surface area contributed by atoms with Gasteiger partial charge in [0.25, 0.3) is 0 Å². The number of nitrogens with one attached hydrogen (secondary N) is 2. The molecule has 1 aliphatic heterocycles. The average molecular weight is 427 g/mol. The molecule has 1 aliphatic rings. The topological polar surface area (TPSA) is 66.7 Å². The van der Waals surface area contributed by atoms with Gasteiger partial charge in [0.05, 0.1) is 18.8 Å². The minimum absolute atomic E-state index is 0.240. The first-order valence-electron chi connectivity index (χ1n) is 11.3. The Morgan fingerprint density at radius 2 is 1.94 bits per heavy atom. The molecule has 2 atom stereocenters. The molecule has 170 valence electrons. The van der Waals surface area contributed by atoms with Crippen LogP contribution in [0.25, 0.3) is 0 Å². The predicted molar refractivity (Wildman–Crippen MR) is 127 cm³/mol. The molecule has 1 aromatic heterocycles. The molecule has 2 aromatic rings. The molecular formula is C24H38N6O. The molecule has 0 aliphatic carbocycles. The molecule has 2 unspecified atom stereocenters. The Morgan fingerprint density at radius 3 is 2.55 bits per heavy atom. The van der Waals surface area contributed by atoms with Gasteiger partial charge in [-0.2, -0.15) is 5.10 Å². The maximum atomic E-state index is 5.67. The maximum absolute atomic E-state index is 5.67. The van der Waals surface area contributed by atoms with E-state index in [0.29, 0.717) is 0 Å².